The van der Waals surface area contributed by atoms with Crippen molar-refractivity contribution in [2.75, 3.05) is 0 Å². The minimum atomic E-state index is -1.02. The molecule has 0 aliphatic heterocycles. The molecule has 3 heteroatoms. The summed E-state index contributed by atoms with van der Waals surface area (Å²) in [5, 5.41) is 9.04. The van der Waals surface area contributed by atoms with E-state index in [0.717, 1.165) is 19.3 Å². The summed E-state index contributed by atoms with van der Waals surface area (Å²) in [6.45, 7) is 2.01. The number of unbranched alkanes of at least 4 members (excludes halogenated alkanes) is 1. The molecule has 1 rings (SSSR count). The molecule has 3 nitrogen and oxygen atoms in total. The summed E-state index contributed by atoms with van der Waals surface area (Å²) in [7, 11) is 0. The summed E-state index contributed by atoms with van der Waals surface area (Å²) >= 11 is 0. The van der Waals surface area contributed by atoms with E-state index in [1.165, 1.54) is 0 Å². The van der Waals surface area contributed by atoms with Crippen LogP contribution in [0.25, 0.3) is 0 Å². The number of carboxylic acids is 1. The van der Waals surface area contributed by atoms with Crippen LogP contribution < -0.4 is 0 Å². The molecular weight excluding hydrogens is 168 g/mol. The Kier molecular flexibility index (Phi) is 3.07. The molecule has 0 saturated heterocycles. The van der Waals surface area contributed by atoms with Crippen LogP contribution >= 0.6 is 0 Å². The highest BCUT2D eigenvalue weighted by molar-refractivity contribution is 6.04. The van der Waals surface area contributed by atoms with E-state index in [4.69, 9.17) is 5.11 Å². The molecule has 0 aromatic carbocycles. The van der Waals surface area contributed by atoms with Gasteiger partial charge in [0, 0.05) is 6.42 Å². The first-order valence-electron chi connectivity index (χ1n) is 4.90. The number of carboxylic acid groups (broad SMARTS) is 1. The first-order chi connectivity index (χ1) is 6.13. The fourth-order valence-corrected chi connectivity index (χ4v) is 2.01. The Bertz CT molecular complexity index is 222. The molecule has 0 amide bonds. The van der Waals surface area contributed by atoms with E-state index in [9.17, 15) is 9.59 Å². The highest BCUT2D eigenvalue weighted by Gasteiger charge is 2.47. The summed E-state index contributed by atoms with van der Waals surface area (Å²) in [5.41, 5.74) is -1.02. The van der Waals surface area contributed by atoms with Gasteiger partial charge in [-0.2, -0.15) is 0 Å². The van der Waals surface area contributed by atoms with E-state index in [1.54, 1.807) is 0 Å². The first kappa shape index (κ1) is 10.2. The van der Waals surface area contributed by atoms with Gasteiger partial charge in [0.05, 0.1) is 0 Å². The van der Waals surface area contributed by atoms with Crippen molar-refractivity contribution in [3.63, 3.8) is 0 Å². The monoisotopic (exact) mass is 184 g/mol. The van der Waals surface area contributed by atoms with Crippen LogP contribution in [0.3, 0.4) is 0 Å². The Balaban J connectivity index is 2.74. The van der Waals surface area contributed by atoms with Gasteiger partial charge in [0.1, 0.15) is 11.2 Å². The number of rotatable bonds is 4. The second kappa shape index (κ2) is 3.90. The van der Waals surface area contributed by atoms with Crippen molar-refractivity contribution in [2.24, 2.45) is 5.41 Å². The van der Waals surface area contributed by atoms with E-state index in [2.05, 4.69) is 0 Å². The van der Waals surface area contributed by atoms with E-state index in [-0.39, 0.29) is 5.78 Å². The van der Waals surface area contributed by atoms with Crippen molar-refractivity contribution in [1.29, 1.82) is 0 Å². The smallest absolute Gasteiger partial charge is 0.317 e. The van der Waals surface area contributed by atoms with Gasteiger partial charge in [-0.15, -0.1) is 0 Å². The molecule has 0 aromatic rings. The zero-order chi connectivity index (χ0) is 9.90. The molecule has 0 bridgehead atoms. The van der Waals surface area contributed by atoms with Crippen LogP contribution in [0, 0.1) is 5.41 Å². The fraction of sp³-hybridized carbons (Fsp3) is 0.800. The molecule has 1 unspecified atom stereocenters. The number of Topliss-reactive ketones (excluding diaryl/α,β-unsaturated/α-hetero) is 1. The lowest BCUT2D eigenvalue weighted by Crippen LogP contribution is -2.35. The van der Waals surface area contributed by atoms with Crippen LogP contribution in [-0.4, -0.2) is 16.9 Å². The lowest BCUT2D eigenvalue weighted by atomic mass is 9.80. The second-order valence-corrected chi connectivity index (χ2v) is 3.77. The van der Waals surface area contributed by atoms with Crippen molar-refractivity contribution in [3.05, 3.63) is 0 Å². The first-order valence-corrected chi connectivity index (χ1v) is 4.90. The highest BCUT2D eigenvalue weighted by atomic mass is 16.4. The molecule has 1 saturated carbocycles. The maximum absolute atomic E-state index is 11.5. The lowest BCUT2D eigenvalue weighted by molar-refractivity contribution is -0.153. The molecular formula is C10H16O3. The molecule has 1 N–H and O–H groups in total. The Hall–Kier alpha value is -0.860. The van der Waals surface area contributed by atoms with Gasteiger partial charge in [0.25, 0.3) is 0 Å². The third-order valence-electron chi connectivity index (χ3n) is 2.91. The number of ketones is 1. The molecule has 1 atom stereocenters. The van der Waals surface area contributed by atoms with Crippen LogP contribution in [0.4, 0.5) is 0 Å². The average molecular weight is 184 g/mol. The SMILES string of the molecule is CCCCC1(C(=O)O)CCCC1=O. The summed E-state index contributed by atoms with van der Waals surface area (Å²) in [4.78, 5) is 22.5. The number of carbonyl (C=O) groups excluding carboxylic acids is 1. The molecule has 0 heterocycles. The van der Waals surface area contributed by atoms with Crippen LogP contribution in [0.1, 0.15) is 45.4 Å². The van der Waals surface area contributed by atoms with E-state index >= 15 is 0 Å². The third-order valence-corrected chi connectivity index (χ3v) is 2.91. The molecule has 74 valence electrons. The quantitative estimate of drug-likeness (QED) is 0.680. The van der Waals surface area contributed by atoms with Crippen LogP contribution in [0.15, 0.2) is 0 Å². The Labute approximate surface area is 78.1 Å². The van der Waals surface area contributed by atoms with Gasteiger partial charge in [0.15, 0.2) is 0 Å². The molecule has 1 fully saturated rings. The minimum absolute atomic E-state index is 0.0616. The number of aliphatic carboxylic acids is 1. The number of hydrogen-bond donors (Lipinski definition) is 1. The molecule has 13 heavy (non-hydrogen) atoms. The van der Waals surface area contributed by atoms with E-state index in [0.29, 0.717) is 19.3 Å². The van der Waals surface area contributed by atoms with Crippen molar-refractivity contribution >= 4 is 11.8 Å². The highest BCUT2D eigenvalue weighted by Crippen LogP contribution is 2.39. The van der Waals surface area contributed by atoms with Crippen molar-refractivity contribution in [3.8, 4) is 0 Å². The maximum atomic E-state index is 11.5. The lowest BCUT2D eigenvalue weighted by Gasteiger charge is -2.21. The number of hydrogen-bond acceptors (Lipinski definition) is 2. The summed E-state index contributed by atoms with van der Waals surface area (Å²) in [6.07, 6.45) is 4.05. The molecule has 0 radical (unpaired) electrons. The van der Waals surface area contributed by atoms with Crippen LogP contribution in [0.5, 0.6) is 0 Å². The predicted molar refractivity (Wildman–Crippen MR) is 48.5 cm³/mol. The fourth-order valence-electron chi connectivity index (χ4n) is 2.01. The van der Waals surface area contributed by atoms with Crippen molar-refractivity contribution < 1.29 is 14.7 Å². The van der Waals surface area contributed by atoms with Gasteiger partial charge in [-0.3, -0.25) is 9.59 Å². The van der Waals surface area contributed by atoms with Gasteiger partial charge >= 0.3 is 5.97 Å². The standard InChI is InChI=1S/C10H16O3/c1-2-3-6-10(9(12)13)7-4-5-8(10)11/h2-7H2,1H3,(H,12,13). The van der Waals surface area contributed by atoms with E-state index < -0.39 is 11.4 Å². The Morgan fingerprint density at radius 1 is 1.62 bits per heavy atom. The van der Waals surface area contributed by atoms with Gasteiger partial charge in [-0.1, -0.05) is 19.8 Å². The van der Waals surface area contributed by atoms with E-state index in [1.807, 2.05) is 6.92 Å². The zero-order valence-electron chi connectivity index (χ0n) is 8.01. The van der Waals surface area contributed by atoms with Crippen molar-refractivity contribution in [1.82, 2.24) is 0 Å². The molecule has 0 aromatic heterocycles. The van der Waals surface area contributed by atoms with Crippen molar-refractivity contribution in [2.45, 2.75) is 45.4 Å². The normalized spacial score (nSPS) is 27.9. The third kappa shape index (κ3) is 1.74. The Morgan fingerprint density at radius 3 is 2.69 bits per heavy atom. The summed E-state index contributed by atoms with van der Waals surface area (Å²) in [5.74, 6) is -0.975. The van der Waals surface area contributed by atoms with Gasteiger partial charge < -0.3 is 5.11 Å². The van der Waals surface area contributed by atoms with Crippen LogP contribution in [0.2, 0.25) is 0 Å². The largest absolute Gasteiger partial charge is 0.480 e. The maximum Gasteiger partial charge on any atom is 0.317 e. The summed E-state index contributed by atoms with van der Waals surface area (Å²) in [6, 6.07) is 0. The molecule has 1 aliphatic rings. The zero-order valence-corrected chi connectivity index (χ0v) is 8.01. The van der Waals surface area contributed by atoms with Gasteiger partial charge in [0.2, 0.25) is 0 Å². The van der Waals surface area contributed by atoms with Gasteiger partial charge in [-0.25, -0.2) is 0 Å². The average Bonchev–Trinajstić information content (AvgIpc) is 2.45. The predicted octanol–water partition coefficient (Wildman–Crippen LogP) is 2.00. The second-order valence-electron chi connectivity index (χ2n) is 3.77. The Morgan fingerprint density at radius 2 is 2.31 bits per heavy atom. The molecule has 1 aliphatic carbocycles. The van der Waals surface area contributed by atoms with Gasteiger partial charge in [-0.05, 0) is 19.3 Å². The minimum Gasteiger partial charge on any atom is -0.480 e. The molecule has 0 spiro atoms. The topological polar surface area (TPSA) is 54.4 Å². The summed E-state index contributed by atoms with van der Waals surface area (Å²) < 4.78 is 0. The van der Waals surface area contributed by atoms with Crippen LogP contribution in [-0.2, 0) is 9.59 Å². The number of carbonyl (C=O) groups is 2.